The van der Waals surface area contributed by atoms with Crippen LogP contribution in [0.4, 0.5) is 4.39 Å². The highest BCUT2D eigenvalue weighted by molar-refractivity contribution is 7.13. The van der Waals surface area contributed by atoms with Crippen LogP contribution in [-0.4, -0.2) is 15.6 Å². The lowest BCUT2D eigenvalue weighted by Crippen LogP contribution is -2.13. The summed E-state index contributed by atoms with van der Waals surface area (Å²) in [7, 11) is 0. The number of aromatic nitrogens is 2. The first-order valence-electron chi connectivity index (χ1n) is 7.19. The number of nitrogens with zero attached hydrogens (tertiary/aromatic N) is 2. The van der Waals surface area contributed by atoms with Gasteiger partial charge in [-0.2, -0.15) is 5.10 Å². The zero-order valence-corrected chi connectivity index (χ0v) is 12.6. The van der Waals surface area contributed by atoms with Crippen molar-refractivity contribution in [1.82, 2.24) is 9.78 Å². The molecule has 0 radical (unpaired) electrons. The molecule has 0 atom stereocenters. The summed E-state index contributed by atoms with van der Waals surface area (Å²) >= 11 is 1.57. The van der Waals surface area contributed by atoms with Crippen molar-refractivity contribution < 1.29 is 9.18 Å². The highest BCUT2D eigenvalue weighted by Crippen LogP contribution is 2.34. The van der Waals surface area contributed by atoms with Gasteiger partial charge in [0, 0.05) is 6.42 Å². The van der Waals surface area contributed by atoms with Crippen molar-refractivity contribution in [2.75, 3.05) is 0 Å². The lowest BCUT2D eigenvalue weighted by Gasteiger charge is -2.13. The van der Waals surface area contributed by atoms with Crippen LogP contribution in [0.15, 0.2) is 41.8 Å². The summed E-state index contributed by atoms with van der Waals surface area (Å²) in [4.78, 5) is 13.4. The molecular formula is C17H13FN2OS. The molecule has 0 saturated carbocycles. The van der Waals surface area contributed by atoms with Crippen molar-refractivity contribution in [3.8, 4) is 16.3 Å². The van der Waals surface area contributed by atoms with Crippen molar-refractivity contribution in [1.29, 1.82) is 0 Å². The lowest BCUT2D eigenvalue weighted by molar-refractivity contribution is 0.0973. The summed E-state index contributed by atoms with van der Waals surface area (Å²) in [5.41, 5.74) is 3.21. The fraction of sp³-hybridized carbons (Fsp3) is 0.176. The number of hydrogen-bond donors (Lipinski definition) is 0. The van der Waals surface area contributed by atoms with E-state index in [2.05, 4.69) is 5.10 Å². The third kappa shape index (κ3) is 2.09. The number of hydrogen-bond acceptors (Lipinski definition) is 3. The van der Waals surface area contributed by atoms with E-state index in [0.29, 0.717) is 6.42 Å². The number of Topliss-reactive ketones (excluding diaryl/α,β-unsaturated/α-hetero) is 1. The second-order valence-electron chi connectivity index (χ2n) is 5.31. The molecule has 1 aliphatic carbocycles. The highest BCUT2D eigenvalue weighted by Gasteiger charge is 2.28. The van der Waals surface area contributed by atoms with Crippen LogP contribution in [0.5, 0.6) is 0 Å². The third-order valence-electron chi connectivity index (χ3n) is 3.90. The van der Waals surface area contributed by atoms with E-state index in [-0.39, 0.29) is 11.6 Å². The average Bonchev–Trinajstić information content (AvgIpc) is 3.15. The first-order valence-corrected chi connectivity index (χ1v) is 8.07. The van der Waals surface area contributed by atoms with Gasteiger partial charge >= 0.3 is 0 Å². The monoisotopic (exact) mass is 312 g/mol. The van der Waals surface area contributed by atoms with Crippen LogP contribution in [0.3, 0.4) is 0 Å². The van der Waals surface area contributed by atoms with Crippen molar-refractivity contribution in [3.63, 3.8) is 0 Å². The number of carbonyl (C=O) groups is 1. The number of halogens is 1. The van der Waals surface area contributed by atoms with E-state index < -0.39 is 0 Å². The largest absolute Gasteiger partial charge is 0.294 e. The minimum absolute atomic E-state index is 0.151. The van der Waals surface area contributed by atoms with Crippen molar-refractivity contribution in [2.24, 2.45) is 0 Å². The molecule has 3 aromatic rings. The smallest absolute Gasteiger partial charge is 0.167 e. The first kappa shape index (κ1) is 13.4. The molecule has 0 unspecified atom stereocenters. The van der Waals surface area contributed by atoms with Gasteiger partial charge in [-0.05, 0) is 48.6 Å². The van der Waals surface area contributed by atoms with E-state index in [9.17, 15) is 9.18 Å². The number of fused-ring (bicyclic) bond motifs is 1. The molecule has 1 aromatic carbocycles. The maximum atomic E-state index is 13.1. The molecule has 1 aliphatic rings. The Bertz CT molecular complexity index is 834. The molecule has 2 heterocycles. The lowest BCUT2D eigenvalue weighted by atomic mass is 9.94. The van der Waals surface area contributed by atoms with Crippen LogP contribution >= 0.6 is 11.3 Å². The Labute approximate surface area is 131 Å². The van der Waals surface area contributed by atoms with Gasteiger partial charge in [-0.15, -0.1) is 11.3 Å². The van der Waals surface area contributed by atoms with Crippen LogP contribution in [0.1, 0.15) is 28.9 Å². The standard InChI is InChI=1S/C17H13FN2OS/c18-11-6-8-12(9-7-11)20-13-3-1-4-14(21)16(13)17(19-20)15-5-2-10-22-15/h2,5-10H,1,3-4H2. The summed E-state index contributed by atoms with van der Waals surface area (Å²) < 4.78 is 14.9. The molecule has 0 N–H and O–H groups in total. The van der Waals surface area contributed by atoms with Gasteiger partial charge in [0.2, 0.25) is 0 Å². The van der Waals surface area contributed by atoms with Gasteiger partial charge in [0.15, 0.2) is 5.78 Å². The number of thiophene rings is 1. The normalized spacial score (nSPS) is 14.1. The van der Waals surface area contributed by atoms with E-state index in [0.717, 1.165) is 40.4 Å². The highest BCUT2D eigenvalue weighted by atomic mass is 32.1. The number of rotatable bonds is 2. The van der Waals surface area contributed by atoms with Crippen LogP contribution < -0.4 is 0 Å². The van der Waals surface area contributed by atoms with Crippen molar-refractivity contribution in [2.45, 2.75) is 19.3 Å². The molecular weight excluding hydrogens is 299 g/mol. The Balaban J connectivity index is 1.95. The molecule has 3 nitrogen and oxygen atoms in total. The molecule has 0 aliphatic heterocycles. The molecule has 110 valence electrons. The van der Waals surface area contributed by atoms with E-state index >= 15 is 0 Å². The summed E-state index contributed by atoms with van der Waals surface area (Å²) in [6, 6.07) is 10.2. The van der Waals surface area contributed by atoms with Crippen LogP contribution in [0.25, 0.3) is 16.3 Å². The maximum absolute atomic E-state index is 13.1. The topological polar surface area (TPSA) is 34.9 Å². The van der Waals surface area contributed by atoms with Crippen molar-refractivity contribution >= 4 is 17.1 Å². The summed E-state index contributed by atoms with van der Waals surface area (Å²) in [5, 5.41) is 6.65. The molecule has 22 heavy (non-hydrogen) atoms. The SMILES string of the molecule is O=C1CCCc2c1c(-c1cccs1)nn2-c1ccc(F)cc1. The predicted molar refractivity (Wildman–Crippen MR) is 84.1 cm³/mol. The zero-order chi connectivity index (χ0) is 15.1. The minimum Gasteiger partial charge on any atom is -0.294 e. The van der Waals surface area contributed by atoms with E-state index in [4.69, 9.17) is 0 Å². The van der Waals surface area contributed by atoms with Crippen molar-refractivity contribution in [3.05, 3.63) is 58.9 Å². The number of carbonyl (C=O) groups excluding carboxylic acids is 1. The summed E-state index contributed by atoms with van der Waals surface area (Å²) in [6.07, 6.45) is 2.22. The molecule has 0 fully saturated rings. The molecule has 0 amide bonds. The first-order chi connectivity index (χ1) is 10.7. The van der Waals surface area contributed by atoms with Gasteiger partial charge in [-0.3, -0.25) is 4.79 Å². The summed E-state index contributed by atoms with van der Waals surface area (Å²) in [5.74, 6) is -0.127. The number of benzene rings is 1. The van der Waals surface area contributed by atoms with Gasteiger partial charge in [0.05, 0.1) is 21.8 Å². The van der Waals surface area contributed by atoms with E-state index in [1.807, 2.05) is 17.5 Å². The Morgan fingerprint density at radius 3 is 2.68 bits per heavy atom. The van der Waals surface area contributed by atoms with E-state index in [1.165, 1.54) is 12.1 Å². The fourth-order valence-electron chi connectivity index (χ4n) is 2.90. The average molecular weight is 312 g/mol. The Morgan fingerprint density at radius 1 is 1.14 bits per heavy atom. The molecule has 2 aromatic heterocycles. The molecule has 0 saturated heterocycles. The second-order valence-corrected chi connectivity index (χ2v) is 6.26. The predicted octanol–water partition coefficient (Wildman–Crippen LogP) is 4.26. The molecule has 0 spiro atoms. The fourth-order valence-corrected chi connectivity index (χ4v) is 3.62. The molecule has 0 bridgehead atoms. The zero-order valence-electron chi connectivity index (χ0n) is 11.8. The Morgan fingerprint density at radius 2 is 1.95 bits per heavy atom. The minimum atomic E-state index is -0.278. The Hall–Kier alpha value is -2.27. The maximum Gasteiger partial charge on any atom is 0.167 e. The number of ketones is 1. The van der Waals surface area contributed by atoms with Crippen LogP contribution in [-0.2, 0) is 6.42 Å². The van der Waals surface area contributed by atoms with Gasteiger partial charge in [0.25, 0.3) is 0 Å². The quantitative estimate of drug-likeness (QED) is 0.708. The van der Waals surface area contributed by atoms with Crippen LogP contribution in [0, 0.1) is 5.82 Å². The van der Waals surface area contributed by atoms with Gasteiger partial charge in [0.1, 0.15) is 11.5 Å². The third-order valence-corrected chi connectivity index (χ3v) is 4.78. The molecule has 5 heteroatoms. The molecule has 4 rings (SSSR count). The summed E-state index contributed by atoms with van der Waals surface area (Å²) in [6.45, 7) is 0. The van der Waals surface area contributed by atoms with Gasteiger partial charge < -0.3 is 0 Å². The second kappa shape index (κ2) is 5.18. The van der Waals surface area contributed by atoms with Gasteiger partial charge in [-0.1, -0.05) is 6.07 Å². The van der Waals surface area contributed by atoms with Gasteiger partial charge in [-0.25, -0.2) is 9.07 Å². The van der Waals surface area contributed by atoms with E-state index in [1.54, 1.807) is 28.2 Å². The Kier molecular flexibility index (Phi) is 3.15. The van der Waals surface area contributed by atoms with Crippen LogP contribution in [0.2, 0.25) is 0 Å².